The highest BCUT2D eigenvalue weighted by molar-refractivity contribution is 7.90. The lowest BCUT2D eigenvalue weighted by Gasteiger charge is -2.31. The average molecular weight is 312 g/mol. The van der Waals surface area contributed by atoms with E-state index in [2.05, 4.69) is 28.8 Å². The first-order chi connectivity index (χ1) is 9.88. The number of likely N-dealkylation sites (N-methyl/N-ethyl adjacent to an activating group) is 1. The molecule has 0 amide bonds. The largest absolute Gasteiger partial charge is 0.360 e. The minimum atomic E-state index is -3.20. The zero-order valence-electron chi connectivity index (χ0n) is 13.1. The number of anilines is 1. The molecule has 0 saturated carbocycles. The Balaban J connectivity index is 1.93. The molecule has 0 aliphatic carbocycles. The maximum Gasteiger partial charge on any atom is 0.214 e. The van der Waals surface area contributed by atoms with Crippen LogP contribution in [0.3, 0.4) is 0 Å². The lowest BCUT2D eigenvalue weighted by Crippen LogP contribution is -3.12. The van der Waals surface area contributed by atoms with Gasteiger partial charge in [0.25, 0.3) is 0 Å². The van der Waals surface area contributed by atoms with Crippen LogP contribution in [0.5, 0.6) is 0 Å². The molecular formula is C15H26N3O2S+. The molecule has 6 heteroatoms. The summed E-state index contributed by atoms with van der Waals surface area (Å²) in [6.45, 7) is 8.19. The number of quaternary nitrogens is 1. The van der Waals surface area contributed by atoms with Crippen LogP contribution in [-0.2, 0) is 16.6 Å². The predicted molar refractivity (Wildman–Crippen MR) is 86.2 cm³/mol. The Labute approximate surface area is 128 Å². The van der Waals surface area contributed by atoms with Gasteiger partial charge in [-0.1, -0.05) is 12.1 Å². The Morgan fingerprint density at radius 2 is 1.76 bits per heavy atom. The summed E-state index contributed by atoms with van der Waals surface area (Å²) in [7, 11) is -0.973. The lowest BCUT2D eigenvalue weighted by atomic mass is 10.2. The minimum absolute atomic E-state index is 0.355. The van der Waals surface area contributed by atoms with Crippen molar-refractivity contribution in [1.82, 2.24) is 4.72 Å². The van der Waals surface area contributed by atoms with Crippen molar-refractivity contribution in [2.75, 3.05) is 38.1 Å². The average Bonchev–Trinajstić information content (AvgIpc) is 2.46. The van der Waals surface area contributed by atoms with Crippen molar-refractivity contribution in [1.29, 1.82) is 0 Å². The fourth-order valence-electron chi connectivity index (χ4n) is 2.32. The van der Waals surface area contributed by atoms with Crippen molar-refractivity contribution in [3.8, 4) is 0 Å². The predicted octanol–water partition coefficient (Wildman–Crippen LogP) is -0.151. The zero-order valence-corrected chi connectivity index (χ0v) is 13.9. The Bertz CT molecular complexity index is 547. The smallest absolute Gasteiger partial charge is 0.214 e. The van der Waals surface area contributed by atoms with E-state index in [0.29, 0.717) is 6.54 Å². The van der Waals surface area contributed by atoms with E-state index in [1.807, 2.05) is 12.1 Å². The first kappa shape index (κ1) is 16.3. The van der Waals surface area contributed by atoms with E-state index in [-0.39, 0.29) is 0 Å². The molecule has 0 bridgehead atoms. The van der Waals surface area contributed by atoms with Gasteiger partial charge in [-0.2, -0.15) is 0 Å². The molecule has 1 heterocycles. The summed E-state index contributed by atoms with van der Waals surface area (Å²) in [5.41, 5.74) is 2.21. The molecule has 1 aromatic carbocycles. The normalized spacial score (nSPS) is 17.4. The molecule has 0 unspecified atom stereocenters. The second kappa shape index (κ2) is 6.77. The highest BCUT2D eigenvalue weighted by Gasteiger charge is 2.17. The molecular weight excluding hydrogens is 286 g/mol. The van der Waals surface area contributed by atoms with Crippen molar-refractivity contribution in [2.24, 2.45) is 0 Å². The van der Waals surface area contributed by atoms with Gasteiger partial charge >= 0.3 is 0 Å². The fraction of sp³-hybridized carbons (Fsp3) is 0.600. The monoisotopic (exact) mass is 312 g/mol. The minimum Gasteiger partial charge on any atom is -0.360 e. The van der Waals surface area contributed by atoms with Crippen molar-refractivity contribution in [3.63, 3.8) is 0 Å². The van der Waals surface area contributed by atoms with E-state index >= 15 is 0 Å². The van der Waals surface area contributed by atoms with Gasteiger partial charge in [-0.3, -0.25) is 0 Å². The van der Waals surface area contributed by atoms with Gasteiger partial charge in [0.15, 0.2) is 0 Å². The number of hydrogen-bond acceptors (Lipinski definition) is 3. The van der Waals surface area contributed by atoms with Gasteiger partial charge in [0.05, 0.1) is 38.5 Å². The topological polar surface area (TPSA) is 53.9 Å². The van der Waals surface area contributed by atoms with Crippen LogP contribution >= 0.6 is 0 Å². The highest BCUT2D eigenvalue weighted by atomic mass is 32.2. The highest BCUT2D eigenvalue weighted by Crippen LogP contribution is 2.15. The van der Waals surface area contributed by atoms with Crippen LogP contribution < -0.4 is 14.5 Å². The number of benzene rings is 1. The van der Waals surface area contributed by atoms with Gasteiger partial charge in [0, 0.05) is 12.2 Å². The van der Waals surface area contributed by atoms with Crippen LogP contribution in [0.4, 0.5) is 5.69 Å². The summed E-state index contributed by atoms with van der Waals surface area (Å²) in [6, 6.07) is 8.17. The molecule has 1 aliphatic heterocycles. The number of rotatable bonds is 5. The van der Waals surface area contributed by atoms with Gasteiger partial charge < -0.3 is 9.80 Å². The summed E-state index contributed by atoms with van der Waals surface area (Å²) in [6.07, 6.45) is 0. The molecule has 21 heavy (non-hydrogen) atoms. The molecule has 1 aromatic rings. The molecule has 0 atom stereocenters. The molecule has 0 radical (unpaired) electrons. The van der Waals surface area contributed by atoms with E-state index in [9.17, 15) is 8.42 Å². The van der Waals surface area contributed by atoms with Crippen molar-refractivity contribution in [3.05, 3.63) is 29.8 Å². The van der Waals surface area contributed by atoms with Gasteiger partial charge in [0.1, 0.15) is 0 Å². The Kier molecular flexibility index (Phi) is 5.24. The van der Waals surface area contributed by atoms with E-state index < -0.39 is 15.3 Å². The Hall–Kier alpha value is -1.11. The van der Waals surface area contributed by atoms with Crippen molar-refractivity contribution >= 4 is 15.7 Å². The SMILES string of the molecule is CC(C)S(=O)(=O)NCc1ccc(N2CC[NH+](C)CC2)cc1. The third-order valence-corrected chi connectivity index (χ3v) is 5.80. The van der Waals surface area contributed by atoms with Crippen molar-refractivity contribution < 1.29 is 13.3 Å². The molecule has 0 aromatic heterocycles. The van der Waals surface area contributed by atoms with E-state index in [0.717, 1.165) is 31.7 Å². The Morgan fingerprint density at radius 1 is 1.19 bits per heavy atom. The summed E-state index contributed by atoms with van der Waals surface area (Å²) >= 11 is 0. The van der Waals surface area contributed by atoms with Crippen LogP contribution in [0.15, 0.2) is 24.3 Å². The van der Waals surface area contributed by atoms with Gasteiger partial charge in [0.2, 0.25) is 10.0 Å². The summed E-state index contributed by atoms with van der Waals surface area (Å²) in [5, 5.41) is -0.399. The van der Waals surface area contributed by atoms with Crippen LogP contribution in [0.1, 0.15) is 19.4 Å². The third kappa shape index (κ3) is 4.43. The van der Waals surface area contributed by atoms with Crippen LogP contribution in [0, 0.1) is 0 Å². The summed E-state index contributed by atoms with van der Waals surface area (Å²) < 4.78 is 26.1. The van der Waals surface area contributed by atoms with Gasteiger partial charge in [-0.25, -0.2) is 13.1 Å². The molecule has 2 rings (SSSR count). The van der Waals surface area contributed by atoms with Gasteiger partial charge in [-0.15, -0.1) is 0 Å². The lowest BCUT2D eigenvalue weighted by molar-refractivity contribution is -0.880. The Morgan fingerprint density at radius 3 is 2.29 bits per heavy atom. The first-order valence-electron chi connectivity index (χ1n) is 7.52. The number of sulfonamides is 1. The fourth-order valence-corrected chi connectivity index (χ4v) is 3.02. The molecule has 2 N–H and O–H groups in total. The maximum absolute atomic E-state index is 11.7. The number of piperazine rings is 1. The van der Waals surface area contributed by atoms with Crippen molar-refractivity contribution in [2.45, 2.75) is 25.6 Å². The van der Waals surface area contributed by atoms with E-state index in [1.54, 1.807) is 18.7 Å². The second-order valence-corrected chi connectivity index (χ2v) is 8.35. The molecule has 0 spiro atoms. The standard InChI is InChI=1S/C15H25N3O2S/c1-13(2)21(19,20)16-12-14-4-6-15(7-5-14)18-10-8-17(3)9-11-18/h4-7,13,16H,8-12H2,1-3H3/p+1. The maximum atomic E-state index is 11.7. The quantitative estimate of drug-likeness (QED) is 0.795. The molecule has 118 valence electrons. The molecule has 1 saturated heterocycles. The molecule has 1 aliphatic rings. The zero-order chi connectivity index (χ0) is 15.5. The molecule has 1 fully saturated rings. The van der Waals surface area contributed by atoms with Crippen LogP contribution in [0.25, 0.3) is 0 Å². The van der Waals surface area contributed by atoms with E-state index in [4.69, 9.17) is 0 Å². The van der Waals surface area contributed by atoms with Crippen LogP contribution in [-0.4, -0.2) is 46.9 Å². The summed E-state index contributed by atoms with van der Waals surface area (Å²) in [5.74, 6) is 0. The second-order valence-electron chi connectivity index (χ2n) is 6.03. The van der Waals surface area contributed by atoms with Crippen LogP contribution in [0.2, 0.25) is 0 Å². The first-order valence-corrected chi connectivity index (χ1v) is 9.07. The van der Waals surface area contributed by atoms with Gasteiger partial charge in [-0.05, 0) is 31.5 Å². The van der Waals surface area contributed by atoms with E-state index in [1.165, 1.54) is 5.69 Å². The number of nitrogens with zero attached hydrogens (tertiary/aromatic N) is 1. The number of nitrogens with one attached hydrogen (secondary N) is 2. The number of hydrogen-bond donors (Lipinski definition) is 2. The summed E-state index contributed by atoms with van der Waals surface area (Å²) in [4.78, 5) is 3.96. The molecule has 5 nitrogen and oxygen atoms in total. The third-order valence-electron chi connectivity index (χ3n) is 4.02.